The molecule has 0 atom stereocenters. The normalized spacial score (nSPS) is 12.7. The highest BCUT2D eigenvalue weighted by Crippen LogP contribution is 2.38. The maximum Gasteiger partial charge on any atom is 0.332 e. The standard InChI is InChI=1S/C27H17Cl2F3N6O3/c1-36-11-33-22(35-36)10-38-26(40)24-17(29)5-13(15-4-14-7-23(39)34-20(14)8-16(15)28)6-21(24)37(27(38)41)9-12-2-18(30)25(32)19(31)3-12/h2-6,8,11H,7,9-10H2,1H3,(H,34,39). The number of carbonyl (C=O) groups is 1. The van der Waals surface area contributed by atoms with Crippen molar-refractivity contribution in [2.45, 2.75) is 19.5 Å². The molecule has 0 bridgehead atoms. The second-order valence-electron chi connectivity index (χ2n) is 9.53. The van der Waals surface area contributed by atoms with Gasteiger partial charge in [0.15, 0.2) is 23.3 Å². The zero-order chi connectivity index (χ0) is 29.2. The van der Waals surface area contributed by atoms with Crippen LogP contribution in [0, 0.1) is 17.5 Å². The van der Waals surface area contributed by atoms with Gasteiger partial charge in [0.05, 0.1) is 40.5 Å². The van der Waals surface area contributed by atoms with Crippen molar-refractivity contribution in [3.63, 3.8) is 0 Å². The summed E-state index contributed by atoms with van der Waals surface area (Å²) in [5.41, 5.74) is 0.543. The fourth-order valence-electron chi connectivity index (χ4n) is 4.88. The van der Waals surface area contributed by atoms with Crippen LogP contribution in [-0.4, -0.2) is 29.8 Å². The van der Waals surface area contributed by atoms with Gasteiger partial charge < -0.3 is 5.32 Å². The number of hydrogen-bond donors (Lipinski definition) is 1. The van der Waals surface area contributed by atoms with Crippen LogP contribution in [-0.2, 0) is 31.4 Å². The molecule has 1 aliphatic heterocycles. The first-order chi connectivity index (χ1) is 19.5. The average molecular weight is 601 g/mol. The van der Waals surface area contributed by atoms with Gasteiger partial charge in [-0.25, -0.2) is 22.9 Å². The number of nitrogens with zero attached hydrogens (tertiary/aromatic N) is 5. The zero-order valence-electron chi connectivity index (χ0n) is 21.0. The van der Waals surface area contributed by atoms with E-state index in [-0.39, 0.29) is 51.2 Å². The van der Waals surface area contributed by atoms with E-state index in [0.29, 0.717) is 22.4 Å². The molecule has 0 saturated heterocycles. The lowest BCUT2D eigenvalue weighted by molar-refractivity contribution is -0.115. The molecule has 14 heteroatoms. The van der Waals surface area contributed by atoms with Crippen LogP contribution >= 0.6 is 23.2 Å². The quantitative estimate of drug-likeness (QED) is 0.303. The second-order valence-corrected chi connectivity index (χ2v) is 10.3. The third kappa shape index (κ3) is 4.68. The van der Waals surface area contributed by atoms with Gasteiger partial charge in [-0.3, -0.25) is 23.4 Å². The number of halogens is 5. The van der Waals surface area contributed by atoms with Gasteiger partial charge in [-0.05, 0) is 53.1 Å². The number of hydrogen-bond acceptors (Lipinski definition) is 5. The first-order valence-electron chi connectivity index (χ1n) is 12.1. The van der Waals surface area contributed by atoms with Gasteiger partial charge in [0.25, 0.3) is 5.56 Å². The highest BCUT2D eigenvalue weighted by molar-refractivity contribution is 6.36. The van der Waals surface area contributed by atoms with Crippen molar-refractivity contribution in [3.05, 3.63) is 108 Å². The highest BCUT2D eigenvalue weighted by atomic mass is 35.5. The second kappa shape index (κ2) is 9.89. The monoisotopic (exact) mass is 600 g/mol. The van der Waals surface area contributed by atoms with Gasteiger partial charge in [-0.2, -0.15) is 5.10 Å². The van der Waals surface area contributed by atoms with E-state index in [1.807, 2.05) is 0 Å². The molecule has 0 aliphatic carbocycles. The lowest BCUT2D eigenvalue weighted by atomic mass is 10.00. The maximum absolute atomic E-state index is 14.1. The molecule has 0 radical (unpaired) electrons. The van der Waals surface area contributed by atoms with E-state index < -0.39 is 35.2 Å². The Morgan fingerprint density at radius 3 is 2.34 bits per heavy atom. The van der Waals surface area contributed by atoms with E-state index in [4.69, 9.17) is 23.2 Å². The Balaban J connectivity index is 1.60. The van der Waals surface area contributed by atoms with E-state index in [0.717, 1.165) is 21.3 Å². The molecule has 0 fully saturated rings. The summed E-state index contributed by atoms with van der Waals surface area (Å²) < 4.78 is 45.2. The minimum absolute atomic E-state index is 0.0267. The molecule has 5 aromatic rings. The van der Waals surface area contributed by atoms with Crippen LogP contribution in [0.3, 0.4) is 0 Å². The molecule has 1 aliphatic rings. The largest absolute Gasteiger partial charge is 0.332 e. The van der Waals surface area contributed by atoms with E-state index in [2.05, 4.69) is 15.4 Å². The molecule has 3 aromatic carbocycles. The van der Waals surface area contributed by atoms with Crippen LogP contribution in [0.5, 0.6) is 0 Å². The first kappa shape index (κ1) is 26.8. The predicted octanol–water partition coefficient (Wildman–Crippen LogP) is 4.27. The highest BCUT2D eigenvalue weighted by Gasteiger charge is 2.23. The summed E-state index contributed by atoms with van der Waals surface area (Å²) in [6.45, 7) is -0.744. The SMILES string of the molecule is Cn1cnc(Cn2c(=O)c3c(Cl)cc(-c4cc5c(cc4Cl)NC(=O)C5)cc3n(Cc3cc(F)c(F)c(F)c3)c2=O)n1. The maximum atomic E-state index is 14.1. The lowest BCUT2D eigenvalue weighted by Crippen LogP contribution is -2.41. The van der Waals surface area contributed by atoms with Gasteiger partial charge >= 0.3 is 5.69 Å². The first-order valence-corrected chi connectivity index (χ1v) is 12.8. The molecule has 0 spiro atoms. The molecule has 41 heavy (non-hydrogen) atoms. The van der Waals surface area contributed by atoms with Crippen LogP contribution in [0.4, 0.5) is 18.9 Å². The van der Waals surface area contributed by atoms with Crippen molar-refractivity contribution in [2.24, 2.45) is 7.05 Å². The number of fused-ring (bicyclic) bond motifs is 2. The molecule has 9 nitrogen and oxygen atoms in total. The Kier molecular flexibility index (Phi) is 6.46. The molecular weight excluding hydrogens is 584 g/mol. The van der Waals surface area contributed by atoms with Gasteiger partial charge in [-0.15, -0.1) is 0 Å². The Morgan fingerprint density at radius 1 is 0.927 bits per heavy atom. The summed E-state index contributed by atoms with van der Waals surface area (Å²) in [4.78, 5) is 43.3. The zero-order valence-corrected chi connectivity index (χ0v) is 22.5. The number of aromatic nitrogens is 5. The van der Waals surface area contributed by atoms with Crippen molar-refractivity contribution in [3.8, 4) is 11.1 Å². The smallest absolute Gasteiger partial charge is 0.325 e. The van der Waals surface area contributed by atoms with Gasteiger partial charge in [-0.1, -0.05) is 23.2 Å². The van der Waals surface area contributed by atoms with Crippen LogP contribution in [0.1, 0.15) is 17.0 Å². The van der Waals surface area contributed by atoms with E-state index in [1.54, 1.807) is 19.2 Å². The Morgan fingerprint density at radius 2 is 1.66 bits per heavy atom. The number of benzene rings is 3. The Hall–Kier alpha value is -4.42. The van der Waals surface area contributed by atoms with Crippen molar-refractivity contribution >= 4 is 45.7 Å². The number of carbonyl (C=O) groups excluding carboxylic acids is 1. The van der Waals surface area contributed by atoms with Crippen LogP contribution in [0.15, 0.2) is 52.3 Å². The van der Waals surface area contributed by atoms with Gasteiger partial charge in [0, 0.05) is 18.3 Å². The minimum atomic E-state index is -1.65. The third-order valence-electron chi connectivity index (χ3n) is 6.74. The molecule has 1 N–H and O–H groups in total. The van der Waals surface area contributed by atoms with Gasteiger partial charge in [0.1, 0.15) is 6.33 Å². The van der Waals surface area contributed by atoms with Gasteiger partial charge in [0.2, 0.25) is 5.91 Å². The van der Waals surface area contributed by atoms with Crippen molar-refractivity contribution in [2.75, 3.05) is 5.32 Å². The van der Waals surface area contributed by atoms with E-state index in [1.165, 1.54) is 23.1 Å². The van der Waals surface area contributed by atoms with Crippen LogP contribution < -0.4 is 16.6 Å². The topological polar surface area (TPSA) is 104 Å². The van der Waals surface area contributed by atoms with Crippen LogP contribution in [0.25, 0.3) is 22.0 Å². The molecule has 0 unspecified atom stereocenters. The van der Waals surface area contributed by atoms with E-state index in [9.17, 15) is 27.6 Å². The molecule has 0 saturated carbocycles. The summed E-state index contributed by atoms with van der Waals surface area (Å²) in [5, 5.41) is 7.02. The molecule has 3 heterocycles. The molecular formula is C27H17Cl2F3N6O3. The Bertz CT molecular complexity index is 2030. The number of amides is 1. The minimum Gasteiger partial charge on any atom is -0.325 e. The average Bonchev–Trinajstić information content (AvgIpc) is 3.49. The Labute approximate surface area is 238 Å². The molecule has 1 amide bonds. The molecule has 208 valence electrons. The fourth-order valence-corrected chi connectivity index (χ4v) is 5.45. The van der Waals surface area contributed by atoms with Crippen molar-refractivity contribution in [1.29, 1.82) is 0 Å². The summed E-state index contributed by atoms with van der Waals surface area (Å²) in [5.74, 6) is -4.55. The predicted molar refractivity (Wildman–Crippen MR) is 146 cm³/mol. The third-order valence-corrected chi connectivity index (χ3v) is 7.35. The summed E-state index contributed by atoms with van der Waals surface area (Å²) in [6, 6.07) is 7.82. The van der Waals surface area contributed by atoms with E-state index >= 15 is 0 Å². The molecule has 2 aromatic heterocycles. The number of rotatable bonds is 5. The molecule has 6 rings (SSSR count). The van der Waals surface area contributed by atoms with Crippen LogP contribution in [0.2, 0.25) is 10.0 Å². The summed E-state index contributed by atoms with van der Waals surface area (Å²) in [7, 11) is 1.62. The summed E-state index contributed by atoms with van der Waals surface area (Å²) >= 11 is 13.2. The lowest BCUT2D eigenvalue weighted by Gasteiger charge is -2.17. The van der Waals surface area contributed by atoms with Crippen molar-refractivity contribution in [1.82, 2.24) is 23.9 Å². The fraction of sp³-hybridized carbons (Fsp3) is 0.148. The number of anilines is 1. The number of aryl methyl sites for hydroxylation is 1. The van der Waals surface area contributed by atoms with Crippen molar-refractivity contribution < 1.29 is 18.0 Å². The summed E-state index contributed by atoms with van der Waals surface area (Å²) in [6.07, 6.45) is 1.53. The number of nitrogens with one attached hydrogen (secondary N) is 1.